The van der Waals surface area contributed by atoms with E-state index in [1.54, 1.807) is 19.2 Å². The van der Waals surface area contributed by atoms with Gasteiger partial charge in [-0.15, -0.1) is 24.0 Å². The molecule has 1 atom stereocenters. The fourth-order valence-corrected chi connectivity index (χ4v) is 3.50. The minimum Gasteiger partial charge on any atom is -0.356 e. The van der Waals surface area contributed by atoms with Crippen LogP contribution in [0.5, 0.6) is 0 Å². The third-order valence-corrected chi connectivity index (χ3v) is 5.24. The van der Waals surface area contributed by atoms with Gasteiger partial charge in [0.2, 0.25) is 11.7 Å². The van der Waals surface area contributed by atoms with Crippen molar-refractivity contribution in [3.63, 3.8) is 0 Å². The van der Waals surface area contributed by atoms with Gasteiger partial charge in [0.1, 0.15) is 5.82 Å². The highest BCUT2D eigenvalue weighted by molar-refractivity contribution is 14.0. The lowest BCUT2D eigenvalue weighted by molar-refractivity contribution is 0.377. The van der Waals surface area contributed by atoms with Gasteiger partial charge in [-0.25, -0.2) is 9.67 Å². The molecule has 0 amide bonds. The van der Waals surface area contributed by atoms with Crippen molar-refractivity contribution in [2.45, 2.75) is 45.2 Å². The molecule has 2 N–H and O–H groups in total. The zero-order chi connectivity index (χ0) is 20.9. The first-order valence-electron chi connectivity index (χ1n) is 10.1. The van der Waals surface area contributed by atoms with Crippen molar-refractivity contribution in [3.05, 3.63) is 46.8 Å². The number of benzene rings is 1. The molecular formula is C20H26ClIN8O. The molecule has 2 aromatic heterocycles. The molecular weight excluding hydrogens is 531 g/mol. The molecule has 166 valence electrons. The maximum atomic E-state index is 5.92. The van der Waals surface area contributed by atoms with Crippen molar-refractivity contribution in [1.29, 1.82) is 0 Å². The standard InChI is InChI=1S/C20H25ClN8O.HI/c1-3-16-25-17-9-8-15(12-29(17)27-16)24-20(22-2)23-11-10-18-26-19(28-30-18)13-4-6-14(21)7-5-13;/h4-7,15H,3,8-12H2,1-2H3,(H2,22,23,24);1H. The Morgan fingerprint density at radius 1 is 1.29 bits per heavy atom. The normalized spacial score (nSPS) is 15.8. The van der Waals surface area contributed by atoms with Gasteiger partial charge in [-0.2, -0.15) is 10.1 Å². The molecule has 3 aromatic rings. The van der Waals surface area contributed by atoms with Crippen molar-refractivity contribution >= 4 is 41.5 Å². The number of halogens is 2. The lowest BCUT2D eigenvalue weighted by atomic mass is 10.1. The van der Waals surface area contributed by atoms with E-state index in [4.69, 9.17) is 16.1 Å². The smallest absolute Gasteiger partial charge is 0.228 e. The van der Waals surface area contributed by atoms with Crippen LogP contribution in [0.25, 0.3) is 11.4 Å². The van der Waals surface area contributed by atoms with E-state index in [0.717, 1.165) is 49.0 Å². The van der Waals surface area contributed by atoms with Gasteiger partial charge in [-0.1, -0.05) is 23.7 Å². The Hall–Kier alpha value is -2.21. The van der Waals surface area contributed by atoms with Crippen LogP contribution in [0.4, 0.5) is 0 Å². The van der Waals surface area contributed by atoms with Crippen molar-refractivity contribution in [1.82, 2.24) is 35.5 Å². The van der Waals surface area contributed by atoms with E-state index in [0.29, 0.717) is 29.7 Å². The van der Waals surface area contributed by atoms with Crippen LogP contribution in [0, 0.1) is 0 Å². The fraction of sp³-hybridized carbons (Fsp3) is 0.450. The second-order valence-corrected chi connectivity index (χ2v) is 7.56. The number of aryl methyl sites for hydroxylation is 2. The Morgan fingerprint density at radius 3 is 2.84 bits per heavy atom. The highest BCUT2D eigenvalue weighted by Gasteiger charge is 2.22. The first-order chi connectivity index (χ1) is 14.6. The van der Waals surface area contributed by atoms with Crippen molar-refractivity contribution < 1.29 is 4.52 Å². The summed E-state index contributed by atoms with van der Waals surface area (Å²) >= 11 is 5.92. The molecule has 1 aliphatic rings. The molecule has 0 saturated heterocycles. The SMILES string of the molecule is CCc1nc2n(n1)CC(NC(=NC)NCCc1nc(-c3ccc(Cl)cc3)no1)CC2.I. The average Bonchev–Trinajstić information content (AvgIpc) is 3.40. The highest BCUT2D eigenvalue weighted by Crippen LogP contribution is 2.18. The summed E-state index contributed by atoms with van der Waals surface area (Å²) in [5, 5.41) is 16.0. The maximum Gasteiger partial charge on any atom is 0.228 e. The number of nitrogens with one attached hydrogen (secondary N) is 2. The summed E-state index contributed by atoms with van der Waals surface area (Å²) in [7, 11) is 1.76. The van der Waals surface area contributed by atoms with Gasteiger partial charge in [-0.05, 0) is 30.7 Å². The lowest BCUT2D eigenvalue weighted by Gasteiger charge is -2.25. The van der Waals surface area contributed by atoms with E-state index < -0.39 is 0 Å². The van der Waals surface area contributed by atoms with Gasteiger partial charge in [0.25, 0.3) is 0 Å². The Morgan fingerprint density at radius 2 is 2.10 bits per heavy atom. The van der Waals surface area contributed by atoms with E-state index in [2.05, 4.69) is 42.8 Å². The van der Waals surface area contributed by atoms with Crippen LogP contribution in [0.2, 0.25) is 5.02 Å². The molecule has 3 heterocycles. The van der Waals surface area contributed by atoms with Crippen molar-refractivity contribution in [3.8, 4) is 11.4 Å². The summed E-state index contributed by atoms with van der Waals surface area (Å²) in [4.78, 5) is 13.3. The van der Waals surface area contributed by atoms with Gasteiger partial charge in [0.15, 0.2) is 11.8 Å². The molecule has 1 unspecified atom stereocenters. The number of guanidine groups is 1. The summed E-state index contributed by atoms with van der Waals surface area (Å²) in [6.45, 7) is 3.49. The zero-order valence-electron chi connectivity index (χ0n) is 17.5. The highest BCUT2D eigenvalue weighted by atomic mass is 127. The Kier molecular flexibility index (Phi) is 8.24. The Labute approximate surface area is 203 Å². The first kappa shape index (κ1) is 23.5. The molecule has 0 spiro atoms. The predicted octanol–water partition coefficient (Wildman–Crippen LogP) is 2.88. The molecule has 4 rings (SSSR count). The quantitative estimate of drug-likeness (QED) is 0.273. The molecule has 31 heavy (non-hydrogen) atoms. The van der Waals surface area contributed by atoms with Gasteiger partial charge >= 0.3 is 0 Å². The fourth-order valence-electron chi connectivity index (χ4n) is 3.38. The summed E-state index contributed by atoms with van der Waals surface area (Å²) in [5.41, 5.74) is 0.871. The van der Waals surface area contributed by atoms with E-state index in [-0.39, 0.29) is 30.0 Å². The largest absolute Gasteiger partial charge is 0.356 e. The molecule has 0 bridgehead atoms. The van der Waals surface area contributed by atoms with Gasteiger partial charge < -0.3 is 15.2 Å². The predicted molar refractivity (Wildman–Crippen MR) is 130 cm³/mol. The number of rotatable bonds is 6. The van der Waals surface area contributed by atoms with E-state index in [1.165, 1.54) is 0 Å². The van der Waals surface area contributed by atoms with Crippen LogP contribution in [0.1, 0.15) is 30.9 Å². The molecule has 1 aliphatic heterocycles. The summed E-state index contributed by atoms with van der Waals surface area (Å²) in [5.74, 6) is 3.85. The van der Waals surface area contributed by atoms with E-state index in [9.17, 15) is 0 Å². The van der Waals surface area contributed by atoms with Gasteiger partial charge in [0.05, 0.1) is 6.54 Å². The number of hydrogen-bond acceptors (Lipinski definition) is 6. The monoisotopic (exact) mass is 556 g/mol. The molecule has 0 fully saturated rings. The molecule has 0 aliphatic carbocycles. The van der Waals surface area contributed by atoms with E-state index in [1.807, 2.05) is 16.8 Å². The zero-order valence-corrected chi connectivity index (χ0v) is 20.6. The Balaban J connectivity index is 0.00000272. The number of fused-ring (bicyclic) bond motifs is 1. The van der Waals surface area contributed by atoms with Crippen LogP contribution in [0.15, 0.2) is 33.8 Å². The van der Waals surface area contributed by atoms with Crippen LogP contribution < -0.4 is 10.6 Å². The van der Waals surface area contributed by atoms with Gasteiger partial charge in [-0.3, -0.25) is 4.99 Å². The second kappa shape index (κ2) is 10.9. The van der Waals surface area contributed by atoms with Crippen molar-refractivity contribution in [2.75, 3.05) is 13.6 Å². The molecule has 0 saturated carbocycles. The van der Waals surface area contributed by atoms with Crippen molar-refractivity contribution in [2.24, 2.45) is 4.99 Å². The average molecular weight is 557 g/mol. The first-order valence-corrected chi connectivity index (χ1v) is 10.5. The number of aromatic nitrogens is 5. The van der Waals surface area contributed by atoms with E-state index >= 15 is 0 Å². The number of aliphatic imine (C=N–C) groups is 1. The lowest BCUT2D eigenvalue weighted by Crippen LogP contribution is -2.47. The van der Waals surface area contributed by atoms with Crippen LogP contribution in [-0.2, 0) is 25.8 Å². The number of hydrogen-bond donors (Lipinski definition) is 2. The van der Waals surface area contributed by atoms with Crippen LogP contribution in [-0.4, -0.2) is 50.5 Å². The summed E-state index contributed by atoms with van der Waals surface area (Å²) in [6, 6.07) is 7.61. The summed E-state index contributed by atoms with van der Waals surface area (Å²) < 4.78 is 7.36. The number of nitrogens with zero attached hydrogens (tertiary/aromatic N) is 6. The molecule has 1 aromatic carbocycles. The second-order valence-electron chi connectivity index (χ2n) is 7.13. The third kappa shape index (κ3) is 5.94. The molecule has 0 radical (unpaired) electrons. The molecule has 9 nitrogen and oxygen atoms in total. The maximum absolute atomic E-state index is 5.92. The summed E-state index contributed by atoms with van der Waals surface area (Å²) in [6.07, 6.45) is 3.36. The Bertz CT molecular complexity index is 1020. The van der Waals surface area contributed by atoms with Crippen LogP contribution >= 0.6 is 35.6 Å². The van der Waals surface area contributed by atoms with Gasteiger partial charge in [0, 0.05) is 49.5 Å². The minimum absolute atomic E-state index is 0. The third-order valence-electron chi connectivity index (χ3n) is 4.98. The molecule has 11 heteroatoms. The van der Waals surface area contributed by atoms with Crippen LogP contribution in [0.3, 0.4) is 0 Å². The minimum atomic E-state index is 0. The topological polar surface area (TPSA) is 106 Å².